The van der Waals surface area contributed by atoms with Crippen LogP contribution in [0.4, 0.5) is 0 Å². The fourth-order valence-electron chi connectivity index (χ4n) is 2.54. The fourth-order valence-corrected chi connectivity index (χ4v) is 2.54. The van der Waals surface area contributed by atoms with Crippen LogP contribution in [0.25, 0.3) is 0 Å². The summed E-state index contributed by atoms with van der Waals surface area (Å²) in [5.74, 6) is 0.158. The first-order chi connectivity index (χ1) is 10.5. The van der Waals surface area contributed by atoms with Crippen LogP contribution < -0.4 is 0 Å². The van der Waals surface area contributed by atoms with Gasteiger partial charge < -0.3 is 4.90 Å². The van der Waals surface area contributed by atoms with E-state index < -0.39 is 0 Å². The highest BCUT2D eigenvalue weighted by molar-refractivity contribution is 5.76. The average Bonchev–Trinajstić information content (AvgIpc) is 2.84. The largest absolute Gasteiger partial charge is 0.339 e. The SMILES string of the molecule is Cc1cc(C)n(CCCC(=O)N(C)[C@@H](C)c2ccncc2)n1. The topological polar surface area (TPSA) is 51.0 Å². The molecule has 1 amide bonds. The van der Waals surface area contributed by atoms with E-state index in [1.807, 2.05) is 44.6 Å². The Bertz CT molecular complexity index is 621. The quantitative estimate of drug-likeness (QED) is 0.824. The molecule has 5 nitrogen and oxygen atoms in total. The maximum atomic E-state index is 12.3. The Kier molecular flexibility index (Phi) is 5.31. The summed E-state index contributed by atoms with van der Waals surface area (Å²) in [6.45, 7) is 6.84. The number of hydrogen-bond donors (Lipinski definition) is 0. The number of pyridine rings is 1. The summed E-state index contributed by atoms with van der Waals surface area (Å²) >= 11 is 0. The molecule has 118 valence electrons. The van der Waals surface area contributed by atoms with Gasteiger partial charge in [-0.2, -0.15) is 5.10 Å². The van der Waals surface area contributed by atoms with Gasteiger partial charge >= 0.3 is 0 Å². The lowest BCUT2D eigenvalue weighted by Gasteiger charge is -2.25. The van der Waals surface area contributed by atoms with Crippen LogP contribution in [0.2, 0.25) is 0 Å². The van der Waals surface area contributed by atoms with Crippen LogP contribution in [0.15, 0.2) is 30.6 Å². The van der Waals surface area contributed by atoms with Gasteiger partial charge in [0.1, 0.15) is 0 Å². The number of rotatable bonds is 6. The molecule has 2 heterocycles. The molecule has 22 heavy (non-hydrogen) atoms. The summed E-state index contributed by atoms with van der Waals surface area (Å²) in [6.07, 6.45) is 4.85. The molecule has 0 fully saturated rings. The van der Waals surface area contributed by atoms with Crippen LogP contribution in [0.3, 0.4) is 0 Å². The maximum absolute atomic E-state index is 12.3. The molecule has 5 heteroatoms. The summed E-state index contributed by atoms with van der Waals surface area (Å²) < 4.78 is 1.97. The van der Waals surface area contributed by atoms with Crippen LogP contribution in [0, 0.1) is 13.8 Å². The van der Waals surface area contributed by atoms with E-state index in [9.17, 15) is 4.79 Å². The molecule has 1 atom stereocenters. The molecule has 0 aliphatic carbocycles. The first-order valence-electron chi connectivity index (χ1n) is 7.65. The minimum atomic E-state index is 0.0594. The molecule has 0 aliphatic rings. The molecule has 2 aromatic heterocycles. The molecule has 2 rings (SSSR count). The van der Waals surface area contributed by atoms with E-state index in [-0.39, 0.29) is 11.9 Å². The van der Waals surface area contributed by atoms with Gasteiger partial charge in [0.2, 0.25) is 5.91 Å². The van der Waals surface area contributed by atoms with Gasteiger partial charge in [-0.25, -0.2) is 0 Å². The van der Waals surface area contributed by atoms with Gasteiger partial charge in [-0.05, 0) is 51.0 Å². The third-order valence-corrected chi connectivity index (χ3v) is 4.03. The van der Waals surface area contributed by atoms with Crippen molar-refractivity contribution < 1.29 is 4.79 Å². The summed E-state index contributed by atoms with van der Waals surface area (Å²) in [6, 6.07) is 6.01. The van der Waals surface area contributed by atoms with Gasteiger partial charge in [-0.15, -0.1) is 0 Å². The van der Waals surface area contributed by atoms with Crippen LogP contribution in [0.5, 0.6) is 0 Å². The zero-order chi connectivity index (χ0) is 16.1. The van der Waals surface area contributed by atoms with E-state index in [0.29, 0.717) is 6.42 Å². The van der Waals surface area contributed by atoms with Crippen molar-refractivity contribution in [3.63, 3.8) is 0 Å². The van der Waals surface area contributed by atoms with Crippen LogP contribution >= 0.6 is 0 Å². The van der Waals surface area contributed by atoms with Crippen molar-refractivity contribution in [3.05, 3.63) is 47.5 Å². The third kappa shape index (κ3) is 3.93. The monoisotopic (exact) mass is 300 g/mol. The Morgan fingerprint density at radius 3 is 2.59 bits per heavy atom. The number of carbonyl (C=O) groups is 1. The molecule has 0 aromatic carbocycles. The second-order valence-electron chi connectivity index (χ2n) is 5.71. The van der Waals surface area contributed by atoms with Crippen molar-refractivity contribution in [2.45, 2.75) is 46.2 Å². The van der Waals surface area contributed by atoms with Crippen molar-refractivity contribution in [1.29, 1.82) is 0 Å². The van der Waals surface area contributed by atoms with Crippen LogP contribution in [-0.2, 0) is 11.3 Å². The molecule has 0 unspecified atom stereocenters. The van der Waals surface area contributed by atoms with Gasteiger partial charge in [-0.3, -0.25) is 14.5 Å². The second kappa shape index (κ2) is 7.20. The maximum Gasteiger partial charge on any atom is 0.222 e. The molecule has 0 aliphatic heterocycles. The molecule has 0 spiro atoms. The number of carbonyl (C=O) groups excluding carboxylic acids is 1. The van der Waals surface area contributed by atoms with Crippen molar-refractivity contribution in [2.75, 3.05) is 7.05 Å². The third-order valence-electron chi connectivity index (χ3n) is 4.03. The number of aryl methyl sites for hydroxylation is 3. The zero-order valence-corrected chi connectivity index (χ0v) is 13.8. The van der Waals surface area contributed by atoms with E-state index in [4.69, 9.17) is 0 Å². The fraction of sp³-hybridized carbons (Fsp3) is 0.471. The van der Waals surface area contributed by atoms with Gasteiger partial charge in [0, 0.05) is 38.1 Å². The minimum Gasteiger partial charge on any atom is -0.339 e. The number of nitrogens with zero attached hydrogens (tertiary/aromatic N) is 4. The first-order valence-corrected chi connectivity index (χ1v) is 7.65. The second-order valence-corrected chi connectivity index (χ2v) is 5.71. The lowest BCUT2D eigenvalue weighted by molar-refractivity contribution is -0.132. The van der Waals surface area contributed by atoms with Gasteiger partial charge in [0.25, 0.3) is 0 Å². The van der Waals surface area contributed by atoms with E-state index in [1.54, 1.807) is 17.3 Å². The van der Waals surface area contributed by atoms with Crippen molar-refractivity contribution in [2.24, 2.45) is 0 Å². The molecule has 0 bridgehead atoms. The van der Waals surface area contributed by atoms with Crippen molar-refractivity contribution in [1.82, 2.24) is 19.7 Å². The lowest BCUT2D eigenvalue weighted by Crippen LogP contribution is -2.29. The summed E-state index contributed by atoms with van der Waals surface area (Å²) in [5, 5.41) is 4.42. The summed E-state index contributed by atoms with van der Waals surface area (Å²) in [5.41, 5.74) is 3.26. The molecule has 0 saturated carbocycles. The predicted octanol–water partition coefficient (Wildman–Crippen LogP) is 2.89. The highest BCUT2D eigenvalue weighted by Crippen LogP contribution is 2.18. The van der Waals surface area contributed by atoms with Gasteiger partial charge in [0.05, 0.1) is 11.7 Å². The normalized spacial score (nSPS) is 12.2. The number of hydrogen-bond acceptors (Lipinski definition) is 3. The predicted molar refractivity (Wildman–Crippen MR) is 86.4 cm³/mol. The smallest absolute Gasteiger partial charge is 0.222 e. The van der Waals surface area contributed by atoms with E-state index in [0.717, 1.165) is 29.9 Å². The Morgan fingerprint density at radius 2 is 2.00 bits per heavy atom. The Labute approximate surface area is 132 Å². The zero-order valence-electron chi connectivity index (χ0n) is 13.8. The summed E-state index contributed by atoms with van der Waals surface area (Å²) in [4.78, 5) is 18.1. The van der Waals surface area contributed by atoms with Crippen molar-refractivity contribution in [3.8, 4) is 0 Å². The highest BCUT2D eigenvalue weighted by Gasteiger charge is 2.17. The van der Waals surface area contributed by atoms with Gasteiger partial charge in [0.15, 0.2) is 0 Å². The molecule has 2 aromatic rings. The van der Waals surface area contributed by atoms with Crippen LogP contribution in [0.1, 0.15) is 42.8 Å². The Hall–Kier alpha value is -2.17. The minimum absolute atomic E-state index is 0.0594. The molecule has 0 radical (unpaired) electrons. The number of aromatic nitrogens is 3. The molecule has 0 saturated heterocycles. The highest BCUT2D eigenvalue weighted by atomic mass is 16.2. The number of amides is 1. The van der Waals surface area contributed by atoms with E-state index in [2.05, 4.69) is 16.1 Å². The standard InChI is InChI=1S/C17H24N4O/c1-13-12-14(2)21(19-13)11-5-6-17(22)20(4)15(3)16-7-9-18-10-8-16/h7-10,12,15H,5-6,11H2,1-4H3/t15-/m0/s1. The Balaban J connectivity index is 1.85. The first kappa shape index (κ1) is 16.2. The molecular formula is C17H24N4O. The Morgan fingerprint density at radius 1 is 1.32 bits per heavy atom. The van der Waals surface area contributed by atoms with Crippen molar-refractivity contribution >= 4 is 5.91 Å². The lowest BCUT2D eigenvalue weighted by atomic mass is 10.1. The molecule has 0 N–H and O–H groups in total. The van der Waals surface area contributed by atoms with Gasteiger partial charge in [-0.1, -0.05) is 0 Å². The van der Waals surface area contributed by atoms with Crippen LogP contribution in [-0.4, -0.2) is 32.6 Å². The average molecular weight is 300 g/mol. The van der Waals surface area contributed by atoms with E-state index in [1.165, 1.54) is 0 Å². The summed E-state index contributed by atoms with van der Waals surface area (Å²) in [7, 11) is 1.86. The molecular weight excluding hydrogens is 276 g/mol. The van der Waals surface area contributed by atoms with E-state index >= 15 is 0 Å².